The smallest absolute Gasteiger partial charge is 0.187 e. The molecule has 0 amide bonds. The van der Waals surface area contributed by atoms with Crippen LogP contribution in [0.3, 0.4) is 0 Å². The largest absolute Gasteiger partial charge is 0.394 e. The van der Waals surface area contributed by atoms with Crippen LogP contribution >= 0.6 is 0 Å². The number of aliphatic hydroxyl groups excluding tert-OH is 14. The van der Waals surface area contributed by atoms with Crippen LogP contribution in [0.1, 0.15) is 0 Å². The summed E-state index contributed by atoms with van der Waals surface area (Å²) in [7, 11) is 0. The van der Waals surface area contributed by atoms with Gasteiger partial charge in [0, 0.05) is 0 Å². The molecular weight excluding hydrogens is 624 g/mol. The second kappa shape index (κ2) is 15.6. The number of hydrogen-bond acceptors (Lipinski definition) is 21. The van der Waals surface area contributed by atoms with Crippen molar-refractivity contribution in [3.8, 4) is 0 Å². The van der Waals surface area contributed by atoms with E-state index in [2.05, 4.69) is 0 Å². The van der Waals surface area contributed by atoms with Crippen LogP contribution < -0.4 is 0 Å². The molecule has 0 aromatic heterocycles. The van der Waals surface area contributed by atoms with Crippen LogP contribution in [0.4, 0.5) is 0 Å². The highest BCUT2D eigenvalue weighted by molar-refractivity contribution is 4.97. The Hall–Kier alpha value is -0.840. The topological polar surface area (TPSA) is 348 Å². The highest BCUT2D eigenvalue weighted by Crippen LogP contribution is 2.33. The molecule has 264 valence electrons. The molecule has 4 rings (SSSR count). The summed E-state index contributed by atoms with van der Waals surface area (Å²) in [6.07, 6.45) is -35.7. The molecule has 0 aliphatic carbocycles. The van der Waals surface area contributed by atoms with Crippen molar-refractivity contribution in [2.24, 2.45) is 0 Å². The van der Waals surface area contributed by atoms with Crippen molar-refractivity contribution in [2.45, 2.75) is 123 Å². The molecule has 0 radical (unpaired) electrons. The van der Waals surface area contributed by atoms with E-state index >= 15 is 0 Å². The van der Waals surface area contributed by atoms with Crippen molar-refractivity contribution in [2.75, 3.05) is 26.4 Å². The van der Waals surface area contributed by atoms with E-state index in [1.54, 1.807) is 0 Å². The molecule has 20 atom stereocenters. The molecule has 14 N–H and O–H groups in total. The summed E-state index contributed by atoms with van der Waals surface area (Å²) in [6, 6.07) is 0. The molecule has 21 nitrogen and oxygen atoms in total. The molecule has 4 aliphatic rings. The van der Waals surface area contributed by atoms with Gasteiger partial charge in [-0.2, -0.15) is 0 Å². The van der Waals surface area contributed by atoms with Gasteiger partial charge in [0.2, 0.25) is 0 Å². The van der Waals surface area contributed by atoms with Gasteiger partial charge in [0.25, 0.3) is 0 Å². The molecule has 0 spiro atoms. The van der Waals surface area contributed by atoms with E-state index < -0.39 is 149 Å². The van der Waals surface area contributed by atoms with E-state index in [-0.39, 0.29) is 0 Å². The zero-order chi connectivity index (χ0) is 33.3. The van der Waals surface area contributed by atoms with Crippen molar-refractivity contribution >= 4 is 0 Å². The molecule has 4 fully saturated rings. The summed E-state index contributed by atoms with van der Waals surface area (Å²) in [5, 5.41) is 142. The predicted molar refractivity (Wildman–Crippen MR) is 134 cm³/mol. The fraction of sp³-hybridized carbons (Fsp3) is 1.00. The van der Waals surface area contributed by atoms with Gasteiger partial charge in [0.05, 0.1) is 26.4 Å². The monoisotopic (exact) mass is 666 g/mol. The Balaban J connectivity index is 1.56. The van der Waals surface area contributed by atoms with Crippen LogP contribution in [0, 0.1) is 0 Å². The SMILES string of the molecule is OC[C@H]1O[C@H](OC[C@H]2O[C@@H](O[C@H]3[C@H](O)[C@@H](O)[C@@H](O)O[C@@H]3CO)[C@H](O)[C@@H](O[C@H]3O[C@H](CO)[C@@H](O)[C@H](O)[C@@H]3O)[C@@H]2O)[C@@H](O)[C@@H](O)[C@@H]1O. The molecule has 0 unspecified atom stereocenters. The highest BCUT2D eigenvalue weighted by Gasteiger charge is 2.54. The van der Waals surface area contributed by atoms with Gasteiger partial charge in [-0.3, -0.25) is 0 Å². The lowest BCUT2D eigenvalue weighted by Gasteiger charge is -2.48. The highest BCUT2D eigenvalue weighted by atomic mass is 16.8. The van der Waals surface area contributed by atoms with Gasteiger partial charge in [-0.25, -0.2) is 0 Å². The Morgan fingerprint density at radius 3 is 1.40 bits per heavy atom. The molecule has 0 saturated carbocycles. The first kappa shape index (κ1) is 37.0. The van der Waals surface area contributed by atoms with Gasteiger partial charge >= 0.3 is 0 Å². The Morgan fingerprint density at radius 2 is 0.844 bits per heavy atom. The second-order valence-corrected chi connectivity index (χ2v) is 11.2. The maximum atomic E-state index is 11.1. The van der Waals surface area contributed by atoms with Crippen LogP contribution in [0.25, 0.3) is 0 Å². The molecule has 0 aromatic carbocycles. The normalized spacial score (nSPS) is 52.9. The summed E-state index contributed by atoms with van der Waals surface area (Å²) < 4.78 is 37.8. The Kier molecular flexibility index (Phi) is 12.8. The Labute approximate surface area is 254 Å². The van der Waals surface area contributed by atoms with Gasteiger partial charge in [-0.15, -0.1) is 0 Å². The first-order chi connectivity index (χ1) is 21.2. The summed E-state index contributed by atoms with van der Waals surface area (Å²) in [6.45, 7) is -3.21. The lowest BCUT2D eigenvalue weighted by Crippen LogP contribution is -2.67. The van der Waals surface area contributed by atoms with Crippen LogP contribution in [0.5, 0.6) is 0 Å². The minimum absolute atomic E-state index is 0.751. The van der Waals surface area contributed by atoms with Crippen LogP contribution in [-0.2, 0) is 33.2 Å². The lowest BCUT2D eigenvalue weighted by molar-refractivity contribution is -0.383. The molecular formula is C24H42O21. The summed E-state index contributed by atoms with van der Waals surface area (Å²) in [5.74, 6) is 0. The molecule has 4 aliphatic heterocycles. The lowest BCUT2D eigenvalue weighted by atomic mass is 9.96. The molecule has 4 saturated heterocycles. The zero-order valence-electron chi connectivity index (χ0n) is 23.5. The van der Waals surface area contributed by atoms with Gasteiger partial charge in [-0.05, 0) is 0 Å². The standard InChI is InChI=1S/C24H42O21/c25-1-5-9(28)12(31)16(35)22(41-5)39-4-8-11(30)20(45-23-17(36)13(32)10(29)6(2-26)42-23)18(37)24(43-8)44-19-7(3-27)40-21(38)15(34)14(19)33/h5-38H,1-4H2/t5-,6-,7-,8-,9-,10-,11-,12+,13+,14-,15-,16+,17+,18-,19-,20+,21+,22+,23-,24+/m1/s1. The summed E-state index contributed by atoms with van der Waals surface area (Å²) in [4.78, 5) is 0. The van der Waals surface area contributed by atoms with Crippen LogP contribution in [0.2, 0.25) is 0 Å². The number of ether oxygens (including phenoxy) is 7. The molecule has 21 heteroatoms. The van der Waals surface area contributed by atoms with Crippen molar-refractivity contribution in [1.82, 2.24) is 0 Å². The van der Waals surface area contributed by atoms with E-state index in [0.29, 0.717) is 0 Å². The summed E-state index contributed by atoms with van der Waals surface area (Å²) >= 11 is 0. The van der Waals surface area contributed by atoms with E-state index in [9.17, 15) is 71.5 Å². The van der Waals surface area contributed by atoms with E-state index in [1.807, 2.05) is 0 Å². The number of rotatable bonds is 10. The predicted octanol–water partition coefficient (Wildman–Crippen LogP) is -9.75. The quantitative estimate of drug-likeness (QED) is 0.103. The second-order valence-electron chi connectivity index (χ2n) is 11.2. The molecule has 0 bridgehead atoms. The van der Waals surface area contributed by atoms with Crippen LogP contribution in [0.15, 0.2) is 0 Å². The average Bonchev–Trinajstić information content (AvgIpc) is 3.03. The fourth-order valence-corrected chi connectivity index (χ4v) is 5.43. The van der Waals surface area contributed by atoms with Crippen molar-refractivity contribution < 1.29 is 105 Å². The number of aliphatic hydroxyl groups is 14. The van der Waals surface area contributed by atoms with Crippen molar-refractivity contribution in [1.29, 1.82) is 0 Å². The third kappa shape index (κ3) is 7.59. The van der Waals surface area contributed by atoms with E-state index in [4.69, 9.17) is 33.2 Å². The maximum absolute atomic E-state index is 11.1. The van der Waals surface area contributed by atoms with Crippen molar-refractivity contribution in [3.05, 3.63) is 0 Å². The average molecular weight is 667 g/mol. The Morgan fingerprint density at radius 1 is 0.378 bits per heavy atom. The maximum Gasteiger partial charge on any atom is 0.187 e. The first-order valence-corrected chi connectivity index (χ1v) is 14.1. The van der Waals surface area contributed by atoms with Gasteiger partial charge in [-0.1, -0.05) is 0 Å². The number of hydrogen-bond donors (Lipinski definition) is 14. The van der Waals surface area contributed by atoms with E-state index in [0.717, 1.165) is 0 Å². The third-order valence-corrected chi connectivity index (χ3v) is 8.19. The molecule has 4 heterocycles. The Bertz CT molecular complexity index is 912. The fourth-order valence-electron chi connectivity index (χ4n) is 5.43. The van der Waals surface area contributed by atoms with Gasteiger partial charge in [0.1, 0.15) is 97.7 Å². The van der Waals surface area contributed by atoms with Crippen LogP contribution in [-0.4, -0.2) is 221 Å². The van der Waals surface area contributed by atoms with Crippen molar-refractivity contribution in [3.63, 3.8) is 0 Å². The first-order valence-electron chi connectivity index (χ1n) is 14.1. The zero-order valence-corrected chi connectivity index (χ0v) is 23.5. The van der Waals surface area contributed by atoms with Gasteiger partial charge < -0.3 is 105 Å². The van der Waals surface area contributed by atoms with Gasteiger partial charge in [0.15, 0.2) is 25.2 Å². The molecule has 45 heavy (non-hydrogen) atoms. The third-order valence-electron chi connectivity index (χ3n) is 8.19. The molecule has 0 aromatic rings. The van der Waals surface area contributed by atoms with E-state index in [1.165, 1.54) is 0 Å². The minimum atomic E-state index is -2.05. The minimum Gasteiger partial charge on any atom is -0.394 e. The summed E-state index contributed by atoms with van der Waals surface area (Å²) in [5.41, 5.74) is 0.